The summed E-state index contributed by atoms with van der Waals surface area (Å²) in [6.45, 7) is 0. The number of urea groups is 1. The molecule has 0 bridgehead atoms. The molecule has 1 unspecified atom stereocenters. The van der Waals surface area contributed by atoms with Crippen LogP contribution in [-0.4, -0.2) is 29.1 Å². The van der Waals surface area contributed by atoms with E-state index in [1.807, 2.05) is 24.3 Å². The summed E-state index contributed by atoms with van der Waals surface area (Å²) in [5.41, 5.74) is 0.501. The van der Waals surface area contributed by atoms with Crippen LogP contribution in [0.3, 0.4) is 0 Å². The molecule has 35 heavy (non-hydrogen) atoms. The molecule has 0 saturated heterocycles. The normalized spacial score (nSPS) is 14.5. The van der Waals surface area contributed by atoms with Crippen molar-refractivity contribution >= 4 is 74.9 Å². The highest BCUT2D eigenvalue weighted by atomic mass is 35.5. The maximum atomic E-state index is 13.3. The van der Waals surface area contributed by atoms with Gasteiger partial charge in [0.2, 0.25) is 0 Å². The third kappa shape index (κ3) is 5.81. The van der Waals surface area contributed by atoms with Gasteiger partial charge in [-0.3, -0.25) is 4.79 Å². The standard InChI is InChI=1S/C25H22Cl3N3O4/c26-16-11-18(27)22(19(28)12-16)31-25(35)29-20-10-15-8-4-3-7-14(15)9-17(20)23(32)30-21(24(33)34)13-5-1-2-6-13/h3-4,7-13,21H,1-2,5-6H2,(H,30,32)(H,33,34)(H2,29,31,35). The Morgan fingerprint density at radius 2 is 1.49 bits per heavy atom. The molecule has 0 aliphatic heterocycles. The van der Waals surface area contributed by atoms with Gasteiger partial charge in [0.15, 0.2) is 0 Å². The van der Waals surface area contributed by atoms with Gasteiger partial charge < -0.3 is 21.1 Å². The van der Waals surface area contributed by atoms with E-state index in [-0.39, 0.29) is 32.9 Å². The Morgan fingerprint density at radius 3 is 2.09 bits per heavy atom. The molecule has 1 fully saturated rings. The van der Waals surface area contributed by atoms with E-state index in [1.165, 1.54) is 12.1 Å². The largest absolute Gasteiger partial charge is 0.480 e. The first kappa shape index (κ1) is 25.1. The Bertz CT molecular complexity index is 1290. The molecule has 7 nitrogen and oxygen atoms in total. The molecule has 0 heterocycles. The highest BCUT2D eigenvalue weighted by molar-refractivity contribution is 6.42. The number of carboxylic acid groups (broad SMARTS) is 1. The van der Waals surface area contributed by atoms with E-state index in [9.17, 15) is 19.5 Å². The molecular weight excluding hydrogens is 513 g/mol. The second-order valence-electron chi connectivity index (χ2n) is 8.40. The Balaban J connectivity index is 1.63. The first-order valence-corrected chi connectivity index (χ1v) is 12.2. The first-order chi connectivity index (χ1) is 16.7. The van der Waals surface area contributed by atoms with Gasteiger partial charge in [-0.2, -0.15) is 0 Å². The fraction of sp³-hybridized carbons (Fsp3) is 0.240. The van der Waals surface area contributed by atoms with Gasteiger partial charge in [0.1, 0.15) is 6.04 Å². The summed E-state index contributed by atoms with van der Waals surface area (Å²) in [5.74, 6) is -1.80. The van der Waals surface area contributed by atoms with Crippen molar-refractivity contribution < 1.29 is 19.5 Å². The van der Waals surface area contributed by atoms with Crippen LogP contribution in [0.2, 0.25) is 15.1 Å². The van der Waals surface area contributed by atoms with Crippen LogP contribution in [0.15, 0.2) is 48.5 Å². The zero-order valence-corrected chi connectivity index (χ0v) is 20.7. The number of hydrogen-bond acceptors (Lipinski definition) is 3. The van der Waals surface area contributed by atoms with Crippen LogP contribution in [0.5, 0.6) is 0 Å². The van der Waals surface area contributed by atoms with Crippen molar-refractivity contribution in [2.75, 3.05) is 10.6 Å². The number of carboxylic acids is 1. The van der Waals surface area contributed by atoms with Gasteiger partial charge >= 0.3 is 12.0 Å². The average molecular weight is 535 g/mol. The quantitative estimate of drug-likeness (QED) is 0.278. The van der Waals surface area contributed by atoms with Crippen LogP contribution in [0.1, 0.15) is 36.0 Å². The number of fused-ring (bicyclic) bond motifs is 1. The van der Waals surface area contributed by atoms with Crippen molar-refractivity contribution in [3.05, 3.63) is 69.2 Å². The molecule has 10 heteroatoms. The van der Waals surface area contributed by atoms with E-state index in [2.05, 4.69) is 16.0 Å². The Hall–Kier alpha value is -3.00. The minimum absolute atomic E-state index is 0.134. The predicted molar refractivity (Wildman–Crippen MR) is 139 cm³/mol. The van der Waals surface area contributed by atoms with Crippen molar-refractivity contribution in [3.63, 3.8) is 0 Å². The summed E-state index contributed by atoms with van der Waals surface area (Å²) in [6, 6.07) is 11.8. The van der Waals surface area contributed by atoms with Gasteiger partial charge in [0.05, 0.1) is 27.0 Å². The van der Waals surface area contributed by atoms with Crippen molar-refractivity contribution in [1.82, 2.24) is 5.32 Å². The third-order valence-electron chi connectivity index (χ3n) is 6.05. The summed E-state index contributed by atoms with van der Waals surface area (Å²) in [6.07, 6.45) is 3.35. The Kier molecular flexibility index (Phi) is 7.69. The number of nitrogens with one attached hydrogen (secondary N) is 3. The number of carbonyl (C=O) groups excluding carboxylic acids is 2. The summed E-state index contributed by atoms with van der Waals surface area (Å²) < 4.78 is 0. The fourth-order valence-electron chi connectivity index (χ4n) is 4.35. The zero-order valence-electron chi connectivity index (χ0n) is 18.4. The topological polar surface area (TPSA) is 108 Å². The first-order valence-electron chi connectivity index (χ1n) is 11.0. The van der Waals surface area contributed by atoms with E-state index in [1.54, 1.807) is 12.1 Å². The second-order valence-corrected chi connectivity index (χ2v) is 9.65. The number of carbonyl (C=O) groups is 3. The highest BCUT2D eigenvalue weighted by Gasteiger charge is 2.32. The van der Waals surface area contributed by atoms with Crippen molar-refractivity contribution in [1.29, 1.82) is 0 Å². The summed E-state index contributed by atoms with van der Waals surface area (Å²) in [4.78, 5) is 38.0. The van der Waals surface area contributed by atoms with Gasteiger partial charge in [-0.15, -0.1) is 0 Å². The molecule has 1 atom stereocenters. The smallest absolute Gasteiger partial charge is 0.326 e. The number of benzene rings is 3. The molecule has 4 N–H and O–H groups in total. The lowest BCUT2D eigenvalue weighted by atomic mass is 9.97. The van der Waals surface area contributed by atoms with Crippen LogP contribution in [-0.2, 0) is 4.79 Å². The minimum Gasteiger partial charge on any atom is -0.480 e. The number of anilines is 2. The molecule has 3 aromatic carbocycles. The van der Waals surface area contributed by atoms with Gasteiger partial charge in [-0.05, 0) is 53.8 Å². The number of rotatable bonds is 6. The molecule has 1 aliphatic rings. The molecule has 3 aromatic rings. The third-order valence-corrected chi connectivity index (χ3v) is 6.86. The van der Waals surface area contributed by atoms with Gasteiger partial charge in [-0.1, -0.05) is 71.9 Å². The molecular formula is C25H22Cl3N3O4. The molecule has 3 amide bonds. The lowest BCUT2D eigenvalue weighted by Crippen LogP contribution is -2.45. The van der Waals surface area contributed by atoms with E-state index < -0.39 is 23.9 Å². The number of amides is 3. The number of halogens is 3. The van der Waals surface area contributed by atoms with Crippen molar-refractivity contribution in [2.24, 2.45) is 5.92 Å². The lowest BCUT2D eigenvalue weighted by Gasteiger charge is -2.22. The van der Waals surface area contributed by atoms with Crippen molar-refractivity contribution in [3.8, 4) is 0 Å². The monoisotopic (exact) mass is 533 g/mol. The van der Waals surface area contributed by atoms with Gasteiger partial charge in [0, 0.05) is 5.02 Å². The zero-order chi connectivity index (χ0) is 25.1. The fourth-order valence-corrected chi connectivity index (χ4v) is 5.26. The van der Waals surface area contributed by atoms with Crippen LogP contribution in [0.25, 0.3) is 10.8 Å². The van der Waals surface area contributed by atoms with E-state index >= 15 is 0 Å². The lowest BCUT2D eigenvalue weighted by molar-refractivity contribution is -0.140. The molecule has 0 aromatic heterocycles. The summed E-state index contributed by atoms with van der Waals surface area (Å²) >= 11 is 18.2. The minimum atomic E-state index is -1.08. The maximum Gasteiger partial charge on any atom is 0.326 e. The molecule has 4 rings (SSSR count). The Morgan fingerprint density at radius 1 is 0.886 bits per heavy atom. The summed E-state index contributed by atoms with van der Waals surface area (Å²) in [5, 5.41) is 19.8. The summed E-state index contributed by atoms with van der Waals surface area (Å²) in [7, 11) is 0. The SMILES string of the molecule is O=C(Nc1cc2ccccc2cc1C(=O)NC(C(=O)O)C1CCCC1)Nc1c(Cl)cc(Cl)cc1Cl. The van der Waals surface area contributed by atoms with Crippen LogP contribution >= 0.6 is 34.8 Å². The number of aliphatic carboxylic acids is 1. The van der Waals surface area contributed by atoms with Crippen molar-refractivity contribution in [2.45, 2.75) is 31.7 Å². The highest BCUT2D eigenvalue weighted by Crippen LogP contribution is 2.34. The molecule has 0 spiro atoms. The molecule has 182 valence electrons. The van der Waals surface area contributed by atoms with Crippen LogP contribution in [0, 0.1) is 5.92 Å². The van der Waals surface area contributed by atoms with Gasteiger partial charge in [0.25, 0.3) is 5.91 Å². The average Bonchev–Trinajstić information content (AvgIpc) is 3.33. The van der Waals surface area contributed by atoms with E-state index in [0.717, 1.165) is 36.5 Å². The second kappa shape index (κ2) is 10.7. The van der Waals surface area contributed by atoms with E-state index in [4.69, 9.17) is 34.8 Å². The number of hydrogen-bond donors (Lipinski definition) is 4. The molecule has 1 aliphatic carbocycles. The molecule has 1 saturated carbocycles. The van der Waals surface area contributed by atoms with Gasteiger partial charge in [-0.25, -0.2) is 9.59 Å². The maximum absolute atomic E-state index is 13.3. The van der Waals surface area contributed by atoms with E-state index in [0.29, 0.717) is 5.02 Å². The Labute approximate surface area is 216 Å². The predicted octanol–water partition coefficient (Wildman–Crippen LogP) is 6.82. The molecule has 0 radical (unpaired) electrons. The van der Waals surface area contributed by atoms with Crippen LogP contribution < -0.4 is 16.0 Å². The van der Waals surface area contributed by atoms with Crippen LogP contribution in [0.4, 0.5) is 16.2 Å².